The Kier molecular flexibility index (Phi) is 6.02. The molecule has 0 aliphatic rings. The average Bonchev–Trinajstić information content (AvgIpc) is 3.59. The fourth-order valence-electron chi connectivity index (χ4n) is 8.51. The Balaban J connectivity index is 1.14. The van der Waals surface area contributed by atoms with Crippen molar-refractivity contribution in [2.24, 2.45) is 0 Å². The van der Waals surface area contributed by atoms with Crippen LogP contribution in [0.3, 0.4) is 0 Å². The molecule has 0 N–H and O–H groups in total. The van der Waals surface area contributed by atoms with Crippen LogP contribution in [0.1, 0.15) is 0 Å². The molecule has 0 saturated heterocycles. The van der Waals surface area contributed by atoms with Gasteiger partial charge in [0.25, 0.3) is 0 Å². The maximum absolute atomic E-state index is 6.68. The zero-order valence-corrected chi connectivity index (χ0v) is 27.7. The zero-order chi connectivity index (χ0) is 33.5. The summed E-state index contributed by atoms with van der Waals surface area (Å²) in [7, 11) is 0. The van der Waals surface area contributed by atoms with Crippen LogP contribution in [-0.2, 0) is 0 Å². The largest absolute Gasteiger partial charge is 0.455 e. The molecule has 0 spiro atoms. The Bertz CT molecular complexity index is 3120. The minimum Gasteiger partial charge on any atom is -0.455 e. The van der Waals surface area contributed by atoms with Gasteiger partial charge in [0.2, 0.25) is 0 Å². The first kappa shape index (κ1) is 28.2. The fourth-order valence-corrected chi connectivity index (χ4v) is 8.51. The van der Waals surface area contributed by atoms with Crippen molar-refractivity contribution in [1.82, 2.24) is 0 Å². The van der Waals surface area contributed by atoms with Crippen LogP contribution >= 0.6 is 0 Å². The fraction of sp³-hybridized carbons (Fsp3) is 0. The van der Waals surface area contributed by atoms with E-state index < -0.39 is 0 Å². The van der Waals surface area contributed by atoms with Crippen LogP contribution in [0.4, 0.5) is 0 Å². The molecule has 51 heavy (non-hydrogen) atoms. The van der Waals surface area contributed by atoms with Crippen molar-refractivity contribution < 1.29 is 4.42 Å². The van der Waals surface area contributed by atoms with Crippen molar-refractivity contribution in [3.63, 3.8) is 0 Å². The second-order valence-corrected chi connectivity index (χ2v) is 13.6. The molecule has 11 rings (SSSR count). The number of rotatable bonds is 3. The highest BCUT2D eigenvalue weighted by molar-refractivity contribution is 6.31. The maximum atomic E-state index is 6.68. The Morgan fingerprint density at radius 2 is 0.745 bits per heavy atom. The number of fused-ring (bicyclic) bond motifs is 11. The highest BCUT2D eigenvalue weighted by Crippen LogP contribution is 2.46. The topological polar surface area (TPSA) is 13.1 Å². The Hall–Kier alpha value is -6.70. The van der Waals surface area contributed by atoms with Crippen molar-refractivity contribution >= 4 is 75.8 Å². The van der Waals surface area contributed by atoms with E-state index in [1.807, 2.05) is 0 Å². The summed E-state index contributed by atoms with van der Waals surface area (Å²) in [6.45, 7) is 0. The van der Waals surface area contributed by atoms with E-state index in [9.17, 15) is 0 Å². The minimum atomic E-state index is 0.909. The quantitative estimate of drug-likeness (QED) is 0.138. The molecule has 0 aliphatic carbocycles. The van der Waals surface area contributed by atoms with Gasteiger partial charge in [-0.2, -0.15) is 0 Å². The second kappa shape index (κ2) is 10.9. The molecule has 0 unspecified atom stereocenters. The molecule has 0 bridgehead atoms. The number of hydrogen-bond donors (Lipinski definition) is 0. The highest BCUT2D eigenvalue weighted by atomic mass is 16.3. The predicted octanol–water partition coefficient (Wildman–Crippen LogP) is 14.4. The molecule has 10 aromatic carbocycles. The van der Waals surface area contributed by atoms with Gasteiger partial charge in [-0.3, -0.25) is 0 Å². The van der Waals surface area contributed by atoms with Crippen LogP contribution in [-0.4, -0.2) is 0 Å². The molecule has 1 nitrogen and oxygen atoms in total. The molecular weight excluding hydrogens is 617 g/mol. The van der Waals surface area contributed by atoms with E-state index in [1.165, 1.54) is 87.2 Å². The standard InChI is InChI=1S/C50H30O/c1-2-12-34-29-35(26-23-31(34)11-1)32-21-24-33(25-22-32)47-40-16-6-8-18-42(40)48(43-19-9-7-17-41(43)47)36-27-28-46-45(30-36)49-39-15-5-3-13-37(39)38-14-4-10-20-44(38)50(49)51-46/h1-30H. The van der Waals surface area contributed by atoms with Gasteiger partial charge < -0.3 is 4.42 Å². The van der Waals surface area contributed by atoms with Crippen molar-refractivity contribution in [2.45, 2.75) is 0 Å². The zero-order valence-electron chi connectivity index (χ0n) is 27.7. The van der Waals surface area contributed by atoms with Gasteiger partial charge in [0, 0.05) is 16.2 Å². The predicted molar refractivity (Wildman–Crippen MR) is 218 cm³/mol. The third-order valence-electron chi connectivity index (χ3n) is 10.8. The van der Waals surface area contributed by atoms with Crippen molar-refractivity contribution in [2.75, 3.05) is 0 Å². The van der Waals surface area contributed by atoms with Crippen LogP contribution < -0.4 is 0 Å². The van der Waals surface area contributed by atoms with E-state index >= 15 is 0 Å². The van der Waals surface area contributed by atoms with Gasteiger partial charge in [-0.25, -0.2) is 0 Å². The average molecular weight is 647 g/mol. The Labute approximate surface area is 294 Å². The van der Waals surface area contributed by atoms with Crippen LogP contribution in [0.5, 0.6) is 0 Å². The second-order valence-electron chi connectivity index (χ2n) is 13.6. The molecular formula is C50H30O. The molecule has 1 heterocycles. The van der Waals surface area contributed by atoms with Crippen LogP contribution in [0.25, 0.3) is 109 Å². The van der Waals surface area contributed by atoms with E-state index in [0.29, 0.717) is 0 Å². The molecule has 11 aromatic rings. The van der Waals surface area contributed by atoms with E-state index in [2.05, 4.69) is 182 Å². The van der Waals surface area contributed by atoms with Crippen LogP contribution in [0, 0.1) is 0 Å². The molecule has 1 heteroatoms. The SMILES string of the molecule is c1ccc2cc(-c3ccc(-c4c5ccccc5c(-c5ccc6oc7c8ccccc8c8ccccc8c7c6c5)c5ccccc45)cc3)ccc2c1. The summed E-state index contributed by atoms with van der Waals surface area (Å²) in [4.78, 5) is 0. The molecule has 0 atom stereocenters. The van der Waals surface area contributed by atoms with E-state index in [0.717, 1.165) is 21.9 Å². The molecule has 236 valence electrons. The highest BCUT2D eigenvalue weighted by Gasteiger charge is 2.20. The summed E-state index contributed by atoms with van der Waals surface area (Å²) in [5.41, 5.74) is 9.23. The third kappa shape index (κ3) is 4.22. The first-order valence-corrected chi connectivity index (χ1v) is 17.6. The van der Waals surface area contributed by atoms with Crippen molar-refractivity contribution in [1.29, 1.82) is 0 Å². The number of benzene rings is 10. The monoisotopic (exact) mass is 646 g/mol. The third-order valence-corrected chi connectivity index (χ3v) is 10.8. The van der Waals surface area contributed by atoms with Gasteiger partial charge in [-0.15, -0.1) is 0 Å². The molecule has 0 fully saturated rings. The van der Waals surface area contributed by atoms with Crippen molar-refractivity contribution in [3.8, 4) is 33.4 Å². The molecule has 0 saturated carbocycles. The van der Waals surface area contributed by atoms with Gasteiger partial charge in [0.1, 0.15) is 11.2 Å². The molecule has 0 aliphatic heterocycles. The van der Waals surface area contributed by atoms with E-state index in [4.69, 9.17) is 4.42 Å². The lowest BCUT2D eigenvalue weighted by atomic mass is 9.85. The lowest BCUT2D eigenvalue weighted by Crippen LogP contribution is -1.91. The van der Waals surface area contributed by atoms with Crippen LogP contribution in [0.15, 0.2) is 186 Å². The van der Waals surface area contributed by atoms with Gasteiger partial charge in [0.15, 0.2) is 0 Å². The lowest BCUT2D eigenvalue weighted by molar-refractivity contribution is 0.673. The first-order valence-electron chi connectivity index (χ1n) is 17.6. The van der Waals surface area contributed by atoms with E-state index in [1.54, 1.807) is 0 Å². The summed E-state index contributed by atoms with van der Waals surface area (Å²) in [5, 5.41) is 14.7. The normalized spacial score (nSPS) is 11.9. The van der Waals surface area contributed by atoms with Crippen LogP contribution in [0.2, 0.25) is 0 Å². The summed E-state index contributed by atoms with van der Waals surface area (Å²) in [5.74, 6) is 0. The Morgan fingerprint density at radius 1 is 0.275 bits per heavy atom. The van der Waals surface area contributed by atoms with Gasteiger partial charge in [0.05, 0.1) is 0 Å². The smallest absolute Gasteiger partial charge is 0.143 e. The first-order chi connectivity index (χ1) is 25.3. The maximum Gasteiger partial charge on any atom is 0.143 e. The molecule has 1 aromatic heterocycles. The Morgan fingerprint density at radius 3 is 1.41 bits per heavy atom. The summed E-state index contributed by atoms with van der Waals surface area (Å²) < 4.78 is 6.68. The summed E-state index contributed by atoms with van der Waals surface area (Å²) >= 11 is 0. The number of furan rings is 1. The van der Waals surface area contributed by atoms with Crippen molar-refractivity contribution in [3.05, 3.63) is 182 Å². The lowest BCUT2D eigenvalue weighted by Gasteiger charge is -2.18. The van der Waals surface area contributed by atoms with E-state index in [-0.39, 0.29) is 0 Å². The van der Waals surface area contributed by atoms with Gasteiger partial charge in [-0.1, -0.05) is 164 Å². The van der Waals surface area contributed by atoms with Gasteiger partial charge >= 0.3 is 0 Å². The number of hydrogen-bond acceptors (Lipinski definition) is 1. The molecule has 0 amide bonds. The molecule has 0 radical (unpaired) electrons. The summed E-state index contributed by atoms with van der Waals surface area (Å²) in [6, 6.07) is 66.3. The minimum absolute atomic E-state index is 0.909. The van der Waals surface area contributed by atoms with Gasteiger partial charge in [-0.05, 0) is 100 Å². The summed E-state index contributed by atoms with van der Waals surface area (Å²) in [6.07, 6.45) is 0.